The molecule has 0 unspecified atom stereocenters. The van der Waals surface area contributed by atoms with Crippen LogP contribution in [0.3, 0.4) is 0 Å². The van der Waals surface area contributed by atoms with Gasteiger partial charge in [-0.3, -0.25) is 0 Å². The summed E-state index contributed by atoms with van der Waals surface area (Å²) in [5.74, 6) is 0.196. The Bertz CT molecular complexity index is 472. The molecule has 0 aliphatic heterocycles. The van der Waals surface area contributed by atoms with Crippen LogP contribution in [0.25, 0.3) is 0 Å². The van der Waals surface area contributed by atoms with E-state index >= 15 is 0 Å². The van der Waals surface area contributed by atoms with Gasteiger partial charge in [-0.2, -0.15) is 5.26 Å². The van der Waals surface area contributed by atoms with E-state index in [0.29, 0.717) is 13.0 Å². The molecule has 1 rings (SSSR count). The first-order valence-electron chi connectivity index (χ1n) is 6.83. The van der Waals surface area contributed by atoms with Crippen molar-refractivity contribution in [3.05, 3.63) is 17.7 Å². The van der Waals surface area contributed by atoms with Crippen molar-refractivity contribution in [1.29, 1.82) is 5.26 Å². The summed E-state index contributed by atoms with van der Waals surface area (Å²) in [6.07, 6.45) is 6.10. The summed E-state index contributed by atoms with van der Waals surface area (Å²) in [4.78, 5) is 11.0. The molecule has 0 amide bonds. The van der Waals surface area contributed by atoms with Crippen LogP contribution < -0.4 is 4.57 Å². The number of rotatable bonds is 8. The monoisotopic (exact) mass is 264 g/mol. The zero-order chi connectivity index (χ0) is 14.3. The van der Waals surface area contributed by atoms with Gasteiger partial charge in [-0.15, -0.1) is 0 Å². The molecule has 0 aliphatic carbocycles. The second-order valence-corrected chi connectivity index (χ2v) is 4.62. The number of carbonyl (C=O) groups is 1. The molecule has 5 heteroatoms. The molecule has 0 radical (unpaired) electrons. The number of aryl methyl sites for hydroxylation is 2. The van der Waals surface area contributed by atoms with E-state index in [1.54, 1.807) is 0 Å². The van der Waals surface area contributed by atoms with E-state index in [4.69, 9.17) is 10.4 Å². The molecule has 5 nitrogen and oxygen atoms in total. The second-order valence-electron chi connectivity index (χ2n) is 4.62. The van der Waals surface area contributed by atoms with Crippen LogP contribution in [0.5, 0.6) is 0 Å². The lowest BCUT2D eigenvalue weighted by Gasteiger charge is -2.03. The van der Waals surface area contributed by atoms with Gasteiger partial charge in [0.15, 0.2) is 6.54 Å². The Kier molecular flexibility index (Phi) is 6.07. The highest BCUT2D eigenvalue weighted by Crippen LogP contribution is 2.09. The van der Waals surface area contributed by atoms with Gasteiger partial charge < -0.3 is 5.11 Å². The average Bonchev–Trinajstić information content (AvgIpc) is 2.66. The molecule has 1 aromatic heterocycles. The Morgan fingerprint density at radius 3 is 2.63 bits per heavy atom. The van der Waals surface area contributed by atoms with Gasteiger partial charge in [-0.1, -0.05) is 13.8 Å². The molecule has 1 aromatic rings. The van der Waals surface area contributed by atoms with Crippen molar-refractivity contribution < 1.29 is 14.5 Å². The van der Waals surface area contributed by atoms with Gasteiger partial charge in [-0.25, -0.2) is 13.9 Å². The summed E-state index contributed by atoms with van der Waals surface area (Å²) in [6, 6.07) is 2.14. The molecule has 0 aliphatic rings. The zero-order valence-corrected chi connectivity index (χ0v) is 11.7. The molecular weight excluding hydrogens is 242 g/mol. The summed E-state index contributed by atoms with van der Waals surface area (Å²) in [5.41, 5.74) is 1.05. The molecule has 0 bridgehead atoms. The highest BCUT2D eigenvalue weighted by Gasteiger charge is 2.23. The number of carboxylic acids is 1. The number of aliphatic carboxylic acids is 1. The van der Waals surface area contributed by atoms with Crippen LogP contribution in [-0.4, -0.2) is 15.6 Å². The highest BCUT2D eigenvalue weighted by molar-refractivity contribution is 5.66. The summed E-state index contributed by atoms with van der Waals surface area (Å²) < 4.78 is 3.94. The lowest BCUT2D eigenvalue weighted by Crippen LogP contribution is -2.37. The molecule has 1 heterocycles. The molecule has 0 saturated carbocycles. The normalized spacial score (nSPS) is 10.4. The van der Waals surface area contributed by atoms with Crippen molar-refractivity contribution in [2.75, 3.05) is 0 Å². The van der Waals surface area contributed by atoms with E-state index in [9.17, 15) is 4.79 Å². The van der Waals surface area contributed by atoms with Crippen molar-refractivity contribution in [3.63, 3.8) is 0 Å². The Morgan fingerprint density at radius 2 is 2.11 bits per heavy atom. The van der Waals surface area contributed by atoms with Gasteiger partial charge in [0.05, 0.1) is 12.5 Å². The first kappa shape index (κ1) is 15.2. The number of aromatic nitrogens is 2. The van der Waals surface area contributed by atoms with E-state index in [0.717, 1.165) is 37.2 Å². The van der Waals surface area contributed by atoms with E-state index in [2.05, 4.69) is 19.9 Å². The number of nitrogens with zero attached hydrogens (tertiary/aromatic N) is 3. The van der Waals surface area contributed by atoms with Crippen molar-refractivity contribution in [3.8, 4) is 6.07 Å². The Morgan fingerprint density at radius 1 is 1.42 bits per heavy atom. The third-order valence-corrected chi connectivity index (χ3v) is 3.03. The molecule has 104 valence electrons. The number of nitriles is 1. The van der Waals surface area contributed by atoms with Gasteiger partial charge in [0, 0.05) is 12.8 Å². The summed E-state index contributed by atoms with van der Waals surface area (Å²) >= 11 is 0. The fraction of sp³-hybridized carbons (Fsp3) is 0.643. The molecule has 0 fully saturated rings. The topological polar surface area (TPSA) is 69.9 Å². The van der Waals surface area contributed by atoms with E-state index in [1.807, 2.05) is 15.3 Å². The quantitative estimate of drug-likeness (QED) is 0.726. The first-order valence-corrected chi connectivity index (χ1v) is 6.83. The number of carboxylic acid groups (broad SMARTS) is 1. The smallest absolute Gasteiger partial charge is 0.346 e. The van der Waals surface area contributed by atoms with Crippen molar-refractivity contribution in [2.45, 2.75) is 59.0 Å². The first-order chi connectivity index (χ1) is 9.13. The van der Waals surface area contributed by atoms with Crippen molar-refractivity contribution in [2.24, 2.45) is 0 Å². The zero-order valence-electron chi connectivity index (χ0n) is 11.7. The summed E-state index contributed by atoms with van der Waals surface area (Å²) in [7, 11) is 0. The maximum absolute atomic E-state index is 11.0. The predicted octanol–water partition coefficient (Wildman–Crippen LogP) is 1.68. The number of hydrogen-bond acceptors (Lipinski definition) is 2. The fourth-order valence-corrected chi connectivity index (χ4v) is 2.29. The molecular formula is C14H22N3O2+. The number of imidazole rings is 1. The highest BCUT2D eigenvalue weighted by atomic mass is 16.4. The van der Waals surface area contributed by atoms with Gasteiger partial charge >= 0.3 is 5.97 Å². The summed E-state index contributed by atoms with van der Waals surface area (Å²) in [6.45, 7) is 4.79. The molecule has 0 atom stereocenters. The van der Waals surface area contributed by atoms with Crippen LogP contribution >= 0.6 is 0 Å². The van der Waals surface area contributed by atoms with Crippen molar-refractivity contribution >= 4 is 5.97 Å². The molecule has 1 N–H and O–H groups in total. The third kappa shape index (κ3) is 4.09. The van der Waals surface area contributed by atoms with E-state index in [1.165, 1.54) is 0 Å². The molecule has 19 heavy (non-hydrogen) atoms. The summed E-state index contributed by atoms with van der Waals surface area (Å²) in [5, 5.41) is 17.8. The Labute approximate surface area is 114 Å². The second kappa shape index (κ2) is 7.57. The SMILES string of the molecule is CCCc1c[n+](CCC#N)c(CCC)n1CC(=O)O. The minimum absolute atomic E-state index is 0.00419. The largest absolute Gasteiger partial charge is 0.478 e. The lowest BCUT2D eigenvalue weighted by atomic mass is 10.2. The lowest BCUT2D eigenvalue weighted by molar-refractivity contribution is -0.703. The van der Waals surface area contributed by atoms with E-state index < -0.39 is 5.97 Å². The van der Waals surface area contributed by atoms with Crippen LogP contribution in [0.1, 0.15) is 44.6 Å². The standard InChI is InChI=1S/C14H21N3O2/c1-3-6-12-10-16(9-5-8-15)13(7-4-2)17(12)11-14(18)19/h10H,3-7,9,11H2,1-2H3/p+1. The molecule has 0 aromatic carbocycles. The van der Waals surface area contributed by atoms with Crippen LogP contribution in [-0.2, 0) is 30.7 Å². The van der Waals surface area contributed by atoms with Crippen LogP contribution in [0.4, 0.5) is 0 Å². The molecule has 0 saturated heterocycles. The molecule has 0 spiro atoms. The Hall–Kier alpha value is -1.83. The van der Waals surface area contributed by atoms with Gasteiger partial charge in [0.2, 0.25) is 0 Å². The minimum Gasteiger partial charge on any atom is -0.478 e. The van der Waals surface area contributed by atoms with Gasteiger partial charge in [0.25, 0.3) is 5.82 Å². The van der Waals surface area contributed by atoms with Crippen LogP contribution in [0.15, 0.2) is 6.20 Å². The van der Waals surface area contributed by atoms with E-state index in [-0.39, 0.29) is 6.54 Å². The van der Waals surface area contributed by atoms with Crippen molar-refractivity contribution in [1.82, 2.24) is 4.57 Å². The Balaban J connectivity index is 3.15. The minimum atomic E-state index is -0.822. The maximum atomic E-state index is 11.0. The average molecular weight is 264 g/mol. The third-order valence-electron chi connectivity index (χ3n) is 3.03. The van der Waals surface area contributed by atoms with Gasteiger partial charge in [-0.05, 0) is 12.8 Å². The fourth-order valence-electron chi connectivity index (χ4n) is 2.29. The predicted molar refractivity (Wildman–Crippen MR) is 70.5 cm³/mol. The number of hydrogen-bond donors (Lipinski definition) is 1. The maximum Gasteiger partial charge on any atom is 0.346 e. The van der Waals surface area contributed by atoms with Crippen LogP contribution in [0.2, 0.25) is 0 Å². The van der Waals surface area contributed by atoms with Gasteiger partial charge in [0.1, 0.15) is 18.4 Å². The van der Waals surface area contributed by atoms with Crippen LogP contribution in [0, 0.1) is 11.3 Å².